The molecule has 130 valence electrons. The van der Waals surface area contributed by atoms with E-state index in [1.165, 1.54) is 20.3 Å². The van der Waals surface area contributed by atoms with Gasteiger partial charge in [0.25, 0.3) is 0 Å². The van der Waals surface area contributed by atoms with Gasteiger partial charge in [0.05, 0.1) is 14.2 Å². The fraction of sp³-hybridized carbons (Fsp3) is 0.625. The number of methoxy groups -OCH3 is 2. The number of rotatable bonds is 7. The zero-order valence-electron chi connectivity index (χ0n) is 14.0. The maximum atomic E-state index is 12.9. The van der Waals surface area contributed by atoms with Crippen molar-refractivity contribution in [2.24, 2.45) is 5.92 Å². The second-order valence-electron chi connectivity index (χ2n) is 5.76. The first-order chi connectivity index (χ1) is 11.0. The number of piperidine rings is 1. The van der Waals surface area contributed by atoms with Crippen molar-refractivity contribution in [3.8, 4) is 11.5 Å². The molecular weight excluding hydrogens is 316 g/mol. The highest BCUT2D eigenvalue weighted by molar-refractivity contribution is 7.89. The van der Waals surface area contributed by atoms with E-state index in [4.69, 9.17) is 9.47 Å². The van der Waals surface area contributed by atoms with E-state index in [9.17, 15) is 8.42 Å². The summed E-state index contributed by atoms with van der Waals surface area (Å²) in [6.45, 7) is 2.08. The number of sulfonamides is 1. The Morgan fingerprint density at radius 1 is 1.22 bits per heavy atom. The molecule has 7 heteroatoms. The van der Waals surface area contributed by atoms with Gasteiger partial charge in [-0.15, -0.1) is 0 Å². The van der Waals surface area contributed by atoms with Crippen molar-refractivity contribution in [3.63, 3.8) is 0 Å². The highest BCUT2D eigenvalue weighted by Crippen LogP contribution is 2.32. The van der Waals surface area contributed by atoms with Gasteiger partial charge in [0.2, 0.25) is 10.0 Å². The molecule has 0 aliphatic carbocycles. The second-order valence-corrected chi connectivity index (χ2v) is 7.66. The zero-order valence-corrected chi connectivity index (χ0v) is 14.9. The molecule has 23 heavy (non-hydrogen) atoms. The standard InChI is InChI=1S/C16H26N2O4S/c1-17-9-6-13-7-10-18(11-8-13)23(19,20)16-12-14(21-2)4-5-15(16)22-3/h4-5,12-13,17H,6-11H2,1-3H3. The van der Waals surface area contributed by atoms with Crippen LogP contribution in [0.2, 0.25) is 0 Å². The van der Waals surface area contributed by atoms with Crippen LogP contribution in [0.15, 0.2) is 23.1 Å². The summed E-state index contributed by atoms with van der Waals surface area (Å²) in [7, 11) is 1.37. The molecule has 0 atom stereocenters. The molecule has 0 bridgehead atoms. The van der Waals surface area contributed by atoms with Gasteiger partial charge in [-0.3, -0.25) is 0 Å². The molecule has 1 saturated heterocycles. The van der Waals surface area contributed by atoms with Crippen molar-refractivity contribution in [1.82, 2.24) is 9.62 Å². The summed E-state index contributed by atoms with van der Waals surface area (Å²) in [5, 5.41) is 3.15. The number of benzene rings is 1. The lowest BCUT2D eigenvalue weighted by Crippen LogP contribution is -2.39. The average Bonchev–Trinajstić information content (AvgIpc) is 2.59. The van der Waals surface area contributed by atoms with E-state index in [-0.39, 0.29) is 4.90 Å². The largest absolute Gasteiger partial charge is 0.497 e. The molecule has 0 spiro atoms. The van der Waals surface area contributed by atoms with Crippen LogP contribution < -0.4 is 14.8 Å². The Hall–Kier alpha value is -1.31. The van der Waals surface area contributed by atoms with Crippen LogP contribution in [0.4, 0.5) is 0 Å². The van der Waals surface area contributed by atoms with Crippen LogP contribution in [-0.2, 0) is 10.0 Å². The van der Waals surface area contributed by atoms with Crippen molar-refractivity contribution in [3.05, 3.63) is 18.2 Å². The van der Waals surface area contributed by atoms with Gasteiger partial charge >= 0.3 is 0 Å². The maximum absolute atomic E-state index is 12.9. The van der Waals surface area contributed by atoms with Gasteiger partial charge in [-0.25, -0.2) is 8.42 Å². The molecule has 0 unspecified atom stereocenters. The van der Waals surface area contributed by atoms with Crippen molar-refractivity contribution in [2.75, 3.05) is 40.9 Å². The summed E-state index contributed by atoms with van der Waals surface area (Å²) in [5.41, 5.74) is 0. The third kappa shape index (κ3) is 4.16. The van der Waals surface area contributed by atoms with Crippen LogP contribution in [0, 0.1) is 5.92 Å². The van der Waals surface area contributed by atoms with E-state index in [0.29, 0.717) is 30.5 Å². The van der Waals surface area contributed by atoms with Gasteiger partial charge in [0.1, 0.15) is 16.4 Å². The van der Waals surface area contributed by atoms with Gasteiger partial charge in [0, 0.05) is 19.2 Å². The Morgan fingerprint density at radius 3 is 2.48 bits per heavy atom. The quantitative estimate of drug-likeness (QED) is 0.817. The lowest BCUT2D eigenvalue weighted by Gasteiger charge is -2.31. The third-order valence-electron chi connectivity index (χ3n) is 4.36. The normalized spacial score (nSPS) is 17.2. The molecule has 1 aromatic carbocycles. The van der Waals surface area contributed by atoms with Gasteiger partial charge in [-0.05, 0) is 50.9 Å². The minimum Gasteiger partial charge on any atom is -0.497 e. The second kappa shape index (κ2) is 7.99. The molecule has 1 aromatic rings. The van der Waals surface area contributed by atoms with Crippen LogP contribution >= 0.6 is 0 Å². The molecule has 2 rings (SSSR count). The molecule has 0 aromatic heterocycles. The minimum atomic E-state index is -3.57. The number of nitrogens with zero attached hydrogens (tertiary/aromatic N) is 1. The number of hydrogen-bond donors (Lipinski definition) is 1. The van der Waals surface area contributed by atoms with Crippen LogP contribution in [0.3, 0.4) is 0 Å². The van der Waals surface area contributed by atoms with E-state index in [1.54, 1.807) is 16.4 Å². The van der Waals surface area contributed by atoms with Crippen molar-refractivity contribution < 1.29 is 17.9 Å². The number of ether oxygens (including phenoxy) is 2. The first kappa shape index (κ1) is 18.0. The Bertz CT molecular complexity index is 611. The number of nitrogens with one attached hydrogen (secondary N) is 1. The van der Waals surface area contributed by atoms with E-state index in [0.717, 1.165) is 25.8 Å². The Kier molecular flexibility index (Phi) is 6.26. The van der Waals surface area contributed by atoms with Crippen LogP contribution in [0.1, 0.15) is 19.3 Å². The van der Waals surface area contributed by atoms with Crippen LogP contribution in [0.5, 0.6) is 11.5 Å². The lowest BCUT2D eigenvalue weighted by molar-refractivity contribution is 0.262. The molecule has 1 aliphatic rings. The molecule has 0 saturated carbocycles. The van der Waals surface area contributed by atoms with Gasteiger partial charge in [0.15, 0.2) is 0 Å². The van der Waals surface area contributed by atoms with Crippen LogP contribution in [0.25, 0.3) is 0 Å². The molecule has 0 amide bonds. The molecule has 6 nitrogen and oxygen atoms in total. The zero-order chi connectivity index (χ0) is 16.9. The predicted octanol–water partition coefficient (Wildman–Crippen LogP) is 1.71. The lowest BCUT2D eigenvalue weighted by atomic mass is 9.95. The molecular formula is C16H26N2O4S. The van der Waals surface area contributed by atoms with Crippen molar-refractivity contribution in [2.45, 2.75) is 24.2 Å². The van der Waals surface area contributed by atoms with Crippen molar-refractivity contribution >= 4 is 10.0 Å². The van der Waals surface area contributed by atoms with Gasteiger partial charge in [-0.2, -0.15) is 4.31 Å². The first-order valence-electron chi connectivity index (χ1n) is 7.89. The fourth-order valence-corrected chi connectivity index (χ4v) is 4.55. The topological polar surface area (TPSA) is 67.9 Å². The Labute approximate surface area is 138 Å². The molecule has 0 radical (unpaired) electrons. The Balaban J connectivity index is 2.16. The predicted molar refractivity (Wildman–Crippen MR) is 89.6 cm³/mol. The smallest absolute Gasteiger partial charge is 0.246 e. The summed E-state index contributed by atoms with van der Waals surface area (Å²) in [6.07, 6.45) is 2.88. The molecule has 1 N–H and O–H groups in total. The highest BCUT2D eigenvalue weighted by Gasteiger charge is 2.31. The Morgan fingerprint density at radius 2 is 1.91 bits per heavy atom. The van der Waals surface area contributed by atoms with Gasteiger partial charge < -0.3 is 14.8 Å². The molecule has 1 fully saturated rings. The first-order valence-corrected chi connectivity index (χ1v) is 9.33. The van der Waals surface area contributed by atoms with E-state index >= 15 is 0 Å². The average molecular weight is 342 g/mol. The van der Waals surface area contributed by atoms with Crippen LogP contribution in [-0.4, -0.2) is 53.6 Å². The highest BCUT2D eigenvalue weighted by atomic mass is 32.2. The van der Waals surface area contributed by atoms with E-state index in [1.807, 2.05) is 7.05 Å². The number of hydrogen-bond acceptors (Lipinski definition) is 5. The maximum Gasteiger partial charge on any atom is 0.246 e. The van der Waals surface area contributed by atoms with Crippen molar-refractivity contribution in [1.29, 1.82) is 0 Å². The summed E-state index contributed by atoms with van der Waals surface area (Å²) in [6, 6.07) is 4.86. The summed E-state index contributed by atoms with van der Waals surface area (Å²) in [5.74, 6) is 1.44. The summed E-state index contributed by atoms with van der Waals surface area (Å²) < 4.78 is 37.8. The van der Waals surface area contributed by atoms with E-state index < -0.39 is 10.0 Å². The summed E-state index contributed by atoms with van der Waals surface area (Å²) in [4.78, 5) is 0.174. The van der Waals surface area contributed by atoms with E-state index in [2.05, 4.69) is 5.32 Å². The monoisotopic (exact) mass is 342 g/mol. The summed E-state index contributed by atoms with van der Waals surface area (Å²) >= 11 is 0. The minimum absolute atomic E-state index is 0.174. The van der Waals surface area contributed by atoms with Gasteiger partial charge in [-0.1, -0.05) is 0 Å². The fourth-order valence-electron chi connectivity index (χ4n) is 2.91. The molecule has 1 aliphatic heterocycles. The molecule has 1 heterocycles. The SMILES string of the molecule is CNCCC1CCN(S(=O)(=O)c2cc(OC)ccc2OC)CC1. The third-order valence-corrected chi connectivity index (χ3v) is 6.28.